The molecule has 14 heavy (non-hydrogen) atoms. The van der Waals surface area contributed by atoms with E-state index in [1.54, 1.807) is 0 Å². The number of nitro groups is 2. The maximum absolute atomic E-state index is 10.5. The van der Waals surface area contributed by atoms with E-state index in [1.165, 1.54) is 0 Å². The first kappa shape index (κ1) is 7.25. The fourth-order valence-corrected chi connectivity index (χ4v) is 0.840. The van der Waals surface area contributed by atoms with Gasteiger partial charge in [0.05, 0.1) is 18.6 Å². The van der Waals surface area contributed by atoms with Crippen molar-refractivity contribution in [1.29, 1.82) is 0 Å². The lowest BCUT2D eigenvalue weighted by Gasteiger charge is -1.99. The second-order valence-electron chi connectivity index (χ2n) is 2.44. The molecule has 0 amide bonds. The summed E-state index contributed by atoms with van der Waals surface area (Å²) in [5.41, 5.74) is -2.34. The van der Waals surface area contributed by atoms with Crippen molar-refractivity contribution in [2.24, 2.45) is 0 Å². The van der Waals surface area contributed by atoms with Gasteiger partial charge in [-0.1, -0.05) is 0 Å². The van der Waals surface area contributed by atoms with Crippen LogP contribution in [0.4, 0.5) is 11.4 Å². The lowest BCUT2D eigenvalue weighted by Crippen LogP contribution is -1.94. The minimum Gasteiger partial charge on any atom is -0.502 e. The Morgan fingerprint density at radius 1 is 1.36 bits per heavy atom. The molecular weight excluding hydrogens is 192 g/mol. The van der Waals surface area contributed by atoms with Crippen molar-refractivity contribution in [2.45, 2.75) is 6.92 Å². The molecular formula is C7H6N2O5. The summed E-state index contributed by atoms with van der Waals surface area (Å²) in [6, 6.07) is -1.76. The number of phenols is 1. The van der Waals surface area contributed by atoms with E-state index < -0.39 is 39.1 Å². The maximum atomic E-state index is 10.5. The van der Waals surface area contributed by atoms with Gasteiger partial charge in [-0.05, 0) is 6.92 Å². The van der Waals surface area contributed by atoms with Gasteiger partial charge >= 0.3 is 5.69 Å². The van der Waals surface area contributed by atoms with Crippen LogP contribution in [0.1, 0.15) is 8.30 Å². The number of nitro benzene ring substituents is 2. The van der Waals surface area contributed by atoms with Gasteiger partial charge in [-0.3, -0.25) is 20.2 Å². The molecule has 0 aliphatic carbocycles. The Morgan fingerprint density at radius 2 is 1.93 bits per heavy atom. The van der Waals surface area contributed by atoms with Crippen LogP contribution < -0.4 is 0 Å². The second kappa shape index (κ2) is 3.29. The molecule has 0 atom stereocenters. The SMILES string of the molecule is [2H]c1c(C)c(O)c([N+](=O)[O-])c([2H])c1[N+](=O)[O-]. The monoisotopic (exact) mass is 200 g/mol. The standard InChI is InChI=1S/C7H6N2O5/c1-4-2-5(8(11)12)3-6(7(4)10)9(13)14/h2-3,10H,1H3/i2D,3D. The van der Waals surface area contributed by atoms with Crippen molar-refractivity contribution in [1.82, 2.24) is 0 Å². The van der Waals surface area contributed by atoms with Crippen LogP contribution in [-0.2, 0) is 0 Å². The number of hydrogen-bond acceptors (Lipinski definition) is 5. The zero-order chi connectivity index (χ0) is 12.6. The third kappa shape index (κ3) is 1.60. The van der Waals surface area contributed by atoms with Crippen molar-refractivity contribution in [3.8, 4) is 5.75 Å². The number of hydrogen-bond donors (Lipinski definition) is 1. The summed E-state index contributed by atoms with van der Waals surface area (Å²) in [6.45, 7) is 1.14. The summed E-state index contributed by atoms with van der Waals surface area (Å²) in [4.78, 5) is 18.9. The molecule has 0 fully saturated rings. The molecule has 0 bridgehead atoms. The van der Waals surface area contributed by atoms with E-state index in [-0.39, 0.29) is 5.56 Å². The fraction of sp³-hybridized carbons (Fsp3) is 0.143. The first-order valence-corrected chi connectivity index (χ1v) is 3.40. The molecule has 7 heteroatoms. The highest BCUT2D eigenvalue weighted by molar-refractivity contribution is 5.57. The molecule has 0 radical (unpaired) electrons. The molecule has 0 heterocycles. The minimum atomic E-state index is -1.09. The smallest absolute Gasteiger partial charge is 0.317 e. The summed E-state index contributed by atoms with van der Waals surface area (Å²) in [6.07, 6.45) is 0. The summed E-state index contributed by atoms with van der Waals surface area (Å²) in [7, 11) is 0. The van der Waals surface area contributed by atoms with Crippen LogP contribution in [0.3, 0.4) is 0 Å². The van der Waals surface area contributed by atoms with Gasteiger partial charge in [0, 0.05) is 11.6 Å². The van der Waals surface area contributed by atoms with Gasteiger partial charge in [0.15, 0.2) is 5.75 Å². The molecule has 1 rings (SSSR count). The normalized spacial score (nSPS) is 11.8. The van der Waals surface area contributed by atoms with E-state index in [0.717, 1.165) is 6.92 Å². The van der Waals surface area contributed by atoms with Gasteiger partial charge in [-0.25, -0.2) is 0 Å². The van der Waals surface area contributed by atoms with E-state index in [9.17, 15) is 25.3 Å². The Labute approximate surface area is 80.7 Å². The van der Waals surface area contributed by atoms with Crippen LogP contribution >= 0.6 is 0 Å². The molecule has 1 aromatic carbocycles. The summed E-state index contributed by atoms with van der Waals surface area (Å²) in [5, 5.41) is 30.4. The van der Waals surface area contributed by atoms with E-state index in [4.69, 9.17) is 2.74 Å². The largest absolute Gasteiger partial charge is 0.502 e. The lowest BCUT2D eigenvalue weighted by atomic mass is 10.1. The Bertz CT molecular complexity index is 461. The van der Waals surface area contributed by atoms with Crippen LogP contribution in [-0.4, -0.2) is 15.0 Å². The Balaban J connectivity index is 3.80. The van der Waals surface area contributed by atoms with E-state index in [1.807, 2.05) is 0 Å². The van der Waals surface area contributed by atoms with Crippen molar-refractivity contribution >= 4 is 11.4 Å². The van der Waals surface area contributed by atoms with Crippen LogP contribution in [0.15, 0.2) is 12.1 Å². The molecule has 0 aliphatic heterocycles. The van der Waals surface area contributed by atoms with Gasteiger partial charge in [-0.15, -0.1) is 0 Å². The zero-order valence-electron chi connectivity index (χ0n) is 8.97. The number of benzene rings is 1. The molecule has 0 spiro atoms. The quantitative estimate of drug-likeness (QED) is 0.575. The van der Waals surface area contributed by atoms with Crippen molar-refractivity contribution in [3.05, 3.63) is 37.9 Å². The van der Waals surface area contributed by atoms with Gasteiger partial charge < -0.3 is 5.11 Å². The highest BCUT2D eigenvalue weighted by Crippen LogP contribution is 2.33. The first-order chi connectivity index (χ1) is 7.29. The van der Waals surface area contributed by atoms with Gasteiger partial charge in [0.1, 0.15) is 0 Å². The number of rotatable bonds is 2. The molecule has 0 unspecified atom stereocenters. The average Bonchev–Trinajstić information content (AvgIpc) is 2.13. The molecule has 1 N–H and O–H groups in total. The van der Waals surface area contributed by atoms with Crippen molar-refractivity contribution in [2.75, 3.05) is 0 Å². The van der Waals surface area contributed by atoms with E-state index >= 15 is 0 Å². The summed E-state index contributed by atoms with van der Waals surface area (Å²) in [5.74, 6) is -0.884. The van der Waals surface area contributed by atoms with Gasteiger partial charge in [0.25, 0.3) is 5.69 Å². The Kier molecular flexibility index (Phi) is 1.70. The fourth-order valence-electron chi connectivity index (χ4n) is 0.840. The predicted molar refractivity (Wildman–Crippen MR) is 46.2 cm³/mol. The Hall–Kier alpha value is -2.18. The van der Waals surface area contributed by atoms with Crippen LogP contribution in [0, 0.1) is 27.2 Å². The van der Waals surface area contributed by atoms with Crippen molar-refractivity contribution in [3.63, 3.8) is 0 Å². The molecule has 74 valence electrons. The molecule has 0 aromatic heterocycles. The van der Waals surface area contributed by atoms with Crippen LogP contribution in [0.2, 0.25) is 0 Å². The highest BCUT2D eigenvalue weighted by atomic mass is 16.6. The Morgan fingerprint density at radius 3 is 2.36 bits per heavy atom. The summed E-state index contributed by atoms with van der Waals surface area (Å²) < 4.78 is 14.5. The first-order valence-electron chi connectivity index (χ1n) is 4.40. The highest BCUT2D eigenvalue weighted by Gasteiger charge is 2.21. The third-order valence-corrected chi connectivity index (χ3v) is 1.49. The van der Waals surface area contributed by atoms with Crippen LogP contribution in [0.5, 0.6) is 5.75 Å². The van der Waals surface area contributed by atoms with E-state index in [0.29, 0.717) is 0 Å². The topological polar surface area (TPSA) is 107 Å². The van der Waals surface area contributed by atoms with E-state index in [2.05, 4.69) is 0 Å². The molecule has 1 aromatic rings. The summed E-state index contributed by atoms with van der Waals surface area (Å²) >= 11 is 0. The van der Waals surface area contributed by atoms with Gasteiger partial charge in [-0.2, -0.15) is 0 Å². The number of phenolic OH excluding ortho intramolecular Hbond substituents is 1. The minimum absolute atomic E-state index is 0.297. The number of aromatic hydroxyl groups is 1. The number of nitrogens with zero attached hydrogens (tertiary/aromatic N) is 2. The van der Waals surface area contributed by atoms with Crippen molar-refractivity contribution < 1.29 is 17.7 Å². The lowest BCUT2D eigenvalue weighted by molar-refractivity contribution is -0.394. The molecule has 0 aliphatic rings. The molecule has 0 saturated heterocycles. The maximum Gasteiger partial charge on any atom is 0.317 e. The predicted octanol–water partition coefficient (Wildman–Crippen LogP) is 1.52. The van der Waals surface area contributed by atoms with Crippen LogP contribution in [0.25, 0.3) is 0 Å². The molecule has 0 saturated carbocycles. The molecule has 7 nitrogen and oxygen atoms in total. The van der Waals surface area contributed by atoms with Gasteiger partial charge in [0.2, 0.25) is 0 Å². The zero-order valence-corrected chi connectivity index (χ0v) is 6.97. The second-order valence-corrected chi connectivity index (χ2v) is 2.44. The third-order valence-electron chi connectivity index (χ3n) is 1.49. The average molecular weight is 200 g/mol.